The molecule has 5 heteroatoms. The molecule has 15 heavy (non-hydrogen) atoms. The summed E-state index contributed by atoms with van der Waals surface area (Å²) in [5, 5.41) is 11.0. The highest BCUT2D eigenvalue weighted by molar-refractivity contribution is 7.17. The van der Waals surface area contributed by atoms with Crippen LogP contribution in [0.2, 0.25) is 0 Å². The van der Waals surface area contributed by atoms with Crippen LogP contribution in [-0.4, -0.2) is 35.1 Å². The molecular formula is C10H12N2O2S. The summed E-state index contributed by atoms with van der Waals surface area (Å²) in [7, 11) is 3.86. The summed E-state index contributed by atoms with van der Waals surface area (Å²) in [6, 6.07) is 1.91. The van der Waals surface area contributed by atoms with E-state index < -0.39 is 5.97 Å². The number of fused-ring (bicyclic) bond motifs is 1. The SMILES string of the molecule is CN(C)Cc1c(C(=O)O)[nH]c2ccsc12. The molecule has 4 nitrogen and oxygen atoms in total. The van der Waals surface area contributed by atoms with Crippen LogP contribution in [0.3, 0.4) is 0 Å². The van der Waals surface area contributed by atoms with Gasteiger partial charge in [0.15, 0.2) is 0 Å². The third-order valence-electron chi connectivity index (χ3n) is 2.19. The first-order valence-electron chi connectivity index (χ1n) is 4.55. The molecule has 0 fully saturated rings. The Bertz CT molecular complexity index is 498. The van der Waals surface area contributed by atoms with E-state index in [1.54, 1.807) is 11.3 Å². The van der Waals surface area contributed by atoms with Crippen LogP contribution < -0.4 is 0 Å². The highest BCUT2D eigenvalue weighted by atomic mass is 32.1. The van der Waals surface area contributed by atoms with Gasteiger partial charge in [0.05, 0.1) is 10.2 Å². The fourth-order valence-corrected chi connectivity index (χ4v) is 2.51. The quantitative estimate of drug-likeness (QED) is 0.838. The number of aromatic carboxylic acids is 1. The number of carbonyl (C=O) groups is 1. The maximum absolute atomic E-state index is 11.0. The summed E-state index contributed by atoms with van der Waals surface area (Å²) in [5.74, 6) is -0.893. The van der Waals surface area contributed by atoms with Gasteiger partial charge in [-0.15, -0.1) is 11.3 Å². The molecule has 2 N–H and O–H groups in total. The van der Waals surface area contributed by atoms with Gasteiger partial charge < -0.3 is 15.0 Å². The molecule has 0 radical (unpaired) electrons. The third kappa shape index (κ3) is 1.75. The molecular weight excluding hydrogens is 212 g/mol. The smallest absolute Gasteiger partial charge is 0.352 e. The lowest BCUT2D eigenvalue weighted by molar-refractivity contribution is 0.0689. The zero-order valence-corrected chi connectivity index (χ0v) is 9.39. The van der Waals surface area contributed by atoms with E-state index in [1.807, 2.05) is 30.4 Å². The Morgan fingerprint density at radius 1 is 1.60 bits per heavy atom. The Kier molecular flexibility index (Phi) is 2.50. The molecule has 0 saturated carbocycles. The van der Waals surface area contributed by atoms with Gasteiger partial charge in [-0.05, 0) is 25.5 Å². The van der Waals surface area contributed by atoms with Crippen LogP contribution in [0.4, 0.5) is 0 Å². The minimum absolute atomic E-state index is 0.311. The third-order valence-corrected chi connectivity index (χ3v) is 3.16. The second-order valence-electron chi connectivity index (χ2n) is 3.68. The molecule has 2 aromatic rings. The highest BCUT2D eigenvalue weighted by Crippen LogP contribution is 2.28. The fourth-order valence-electron chi connectivity index (χ4n) is 1.61. The highest BCUT2D eigenvalue weighted by Gasteiger charge is 2.17. The normalized spacial score (nSPS) is 11.4. The van der Waals surface area contributed by atoms with Gasteiger partial charge in [-0.3, -0.25) is 0 Å². The van der Waals surface area contributed by atoms with Crippen LogP contribution in [0.5, 0.6) is 0 Å². The summed E-state index contributed by atoms with van der Waals surface area (Å²) in [6.45, 7) is 0.641. The van der Waals surface area contributed by atoms with E-state index in [0.717, 1.165) is 15.8 Å². The number of hydrogen-bond donors (Lipinski definition) is 2. The molecule has 0 spiro atoms. The van der Waals surface area contributed by atoms with Crippen molar-refractivity contribution >= 4 is 27.5 Å². The van der Waals surface area contributed by atoms with Gasteiger partial charge in [0.25, 0.3) is 0 Å². The first-order chi connectivity index (χ1) is 7.09. The summed E-state index contributed by atoms with van der Waals surface area (Å²) in [6.07, 6.45) is 0. The van der Waals surface area contributed by atoms with Gasteiger partial charge in [0.1, 0.15) is 5.69 Å². The average Bonchev–Trinajstić information content (AvgIpc) is 2.66. The number of carboxylic acids is 1. The van der Waals surface area contributed by atoms with E-state index in [1.165, 1.54) is 0 Å². The second kappa shape index (κ2) is 3.67. The first-order valence-corrected chi connectivity index (χ1v) is 5.43. The number of nitrogens with zero attached hydrogens (tertiary/aromatic N) is 1. The van der Waals surface area contributed by atoms with Crippen molar-refractivity contribution in [1.82, 2.24) is 9.88 Å². The Morgan fingerprint density at radius 3 is 2.93 bits per heavy atom. The van der Waals surface area contributed by atoms with Crippen molar-refractivity contribution in [2.45, 2.75) is 6.54 Å². The number of aromatic nitrogens is 1. The maximum Gasteiger partial charge on any atom is 0.352 e. The Morgan fingerprint density at radius 2 is 2.33 bits per heavy atom. The monoisotopic (exact) mass is 224 g/mol. The number of rotatable bonds is 3. The Labute approximate surface area is 91.1 Å². The van der Waals surface area contributed by atoms with Crippen molar-refractivity contribution in [3.8, 4) is 0 Å². The fraction of sp³-hybridized carbons (Fsp3) is 0.300. The van der Waals surface area contributed by atoms with Crippen LogP contribution in [0.15, 0.2) is 11.4 Å². The van der Waals surface area contributed by atoms with E-state index in [0.29, 0.717) is 12.2 Å². The predicted molar refractivity (Wildman–Crippen MR) is 60.5 cm³/mol. The summed E-state index contributed by atoms with van der Waals surface area (Å²) < 4.78 is 1.04. The lowest BCUT2D eigenvalue weighted by Crippen LogP contribution is -2.13. The van der Waals surface area contributed by atoms with Crippen molar-refractivity contribution in [2.75, 3.05) is 14.1 Å². The molecule has 0 aliphatic heterocycles. The van der Waals surface area contributed by atoms with Crippen LogP contribution in [0.1, 0.15) is 16.1 Å². The van der Waals surface area contributed by atoms with Crippen LogP contribution >= 0.6 is 11.3 Å². The minimum Gasteiger partial charge on any atom is -0.477 e. The first kappa shape index (κ1) is 10.2. The van der Waals surface area contributed by atoms with Gasteiger partial charge in [0, 0.05) is 12.1 Å². The van der Waals surface area contributed by atoms with Crippen molar-refractivity contribution < 1.29 is 9.90 Å². The van der Waals surface area contributed by atoms with Crippen molar-refractivity contribution in [3.05, 3.63) is 22.7 Å². The molecule has 0 amide bonds. The molecule has 0 aromatic carbocycles. The standard InChI is InChI=1S/C10H12N2O2S/c1-12(2)5-6-8(10(13)14)11-7-3-4-15-9(6)7/h3-4,11H,5H2,1-2H3,(H,13,14). The van der Waals surface area contributed by atoms with E-state index in [4.69, 9.17) is 5.11 Å². The molecule has 2 aromatic heterocycles. The predicted octanol–water partition coefficient (Wildman–Crippen LogP) is 1.99. The van der Waals surface area contributed by atoms with Gasteiger partial charge >= 0.3 is 5.97 Å². The number of H-pyrrole nitrogens is 1. The molecule has 80 valence electrons. The van der Waals surface area contributed by atoms with E-state index in [-0.39, 0.29) is 0 Å². The van der Waals surface area contributed by atoms with Crippen LogP contribution in [0, 0.1) is 0 Å². The lowest BCUT2D eigenvalue weighted by Gasteiger charge is -2.08. The Balaban J connectivity index is 2.58. The van der Waals surface area contributed by atoms with Gasteiger partial charge in [-0.2, -0.15) is 0 Å². The Hall–Kier alpha value is -1.33. The van der Waals surface area contributed by atoms with Crippen molar-refractivity contribution in [1.29, 1.82) is 0 Å². The largest absolute Gasteiger partial charge is 0.477 e. The molecule has 0 unspecified atom stereocenters. The molecule has 0 atom stereocenters. The molecule has 2 rings (SSSR count). The summed E-state index contributed by atoms with van der Waals surface area (Å²) >= 11 is 1.57. The topological polar surface area (TPSA) is 56.3 Å². The molecule has 0 bridgehead atoms. The van der Waals surface area contributed by atoms with E-state index in [2.05, 4.69) is 4.98 Å². The van der Waals surface area contributed by atoms with Crippen LogP contribution in [-0.2, 0) is 6.54 Å². The zero-order chi connectivity index (χ0) is 11.0. The molecule has 0 saturated heterocycles. The average molecular weight is 224 g/mol. The molecule has 0 aliphatic rings. The summed E-state index contributed by atoms with van der Waals surface area (Å²) in [5.41, 5.74) is 2.09. The van der Waals surface area contributed by atoms with E-state index >= 15 is 0 Å². The second-order valence-corrected chi connectivity index (χ2v) is 4.60. The lowest BCUT2D eigenvalue weighted by atomic mass is 10.2. The van der Waals surface area contributed by atoms with E-state index in [9.17, 15) is 4.79 Å². The summed E-state index contributed by atoms with van der Waals surface area (Å²) in [4.78, 5) is 15.9. The maximum atomic E-state index is 11.0. The van der Waals surface area contributed by atoms with Gasteiger partial charge in [-0.25, -0.2) is 4.79 Å². The molecule has 2 heterocycles. The molecule has 0 aliphatic carbocycles. The van der Waals surface area contributed by atoms with Gasteiger partial charge in [0.2, 0.25) is 0 Å². The van der Waals surface area contributed by atoms with Crippen molar-refractivity contribution in [3.63, 3.8) is 0 Å². The van der Waals surface area contributed by atoms with Gasteiger partial charge in [-0.1, -0.05) is 0 Å². The number of nitrogens with one attached hydrogen (secondary N) is 1. The zero-order valence-electron chi connectivity index (χ0n) is 8.57. The minimum atomic E-state index is -0.893. The number of aromatic amines is 1. The number of carboxylic acid groups (broad SMARTS) is 1. The number of hydrogen-bond acceptors (Lipinski definition) is 3. The van der Waals surface area contributed by atoms with Crippen molar-refractivity contribution in [2.24, 2.45) is 0 Å². The number of thiophene rings is 1. The van der Waals surface area contributed by atoms with Crippen LogP contribution in [0.25, 0.3) is 10.2 Å².